The number of nitrogens with two attached hydrogens (primary N) is 1. The number of rotatable bonds is 35. The summed E-state index contributed by atoms with van der Waals surface area (Å²) in [5.74, 6) is -1.79. The van der Waals surface area contributed by atoms with Crippen molar-refractivity contribution in [3.63, 3.8) is 0 Å². The smallest absolute Gasteiger partial charge is 0.472 e. The first kappa shape index (κ1) is 44.7. The quantitative estimate of drug-likeness (QED) is 0.0256. The van der Waals surface area contributed by atoms with Crippen LogP contribution < -0.4 is 5.73 Å². The standard InChI is InChI=1S/C35H68NO9P/c1-3-5-7-9-11-13-15-17-19-21-23-25-27-34(37)45-32(30-43-46(40,41)44-31-33(36)35(38)39)29-42-28-26-24-22-20-18-16-14-12-10-8-6-4-2/h11,13,32-33H,3-10,12,14-31,36H2,1-2H3,(H,38,39)(H,40,41)/b13-11-. The Morgan fingerprint density at radius 1 is 0.674 bits per heavy atom. The number of hydrogen-bond acceptors (Lipinski definition) is 8. The topological polar surface area (TPSA) is 155 Å². The fourth-order valence-electron chi connectivity index (χ4n) is 4.89. The first-order chi connectivity index (χ1) is 22.2. The molecule has 0 amide bonds. The van der Waals surface area contributed by atoms with E-state index in [2.05, 4.69) is 30.5 Å². The lowest BCUT2D eigenvalue weighted by Crippen LogP contribution is -2.34. The van der Waals surface area contributed by atoms with Gasteiger partial charge in [-0.2, -0.15) is 0 Å². The number of phosphoric acid groups is 1. The fourth-order valence-corrected chi connectivity index (χ4v) is 5.67. The summed E-state index contributed by atoms with van der Waals surface area (Å²) in [6.07, 6.45) is 29.7. The maximum absolute atomic E-state index is 12.5. The molecule has 0 radical (unpaired) electrons. The zero-order chi connectivity index (χ0) is 34.1. The average molecular weight is 678 g/mol. The van der Waals surface area contributed by atoms with E-state index in [9.17, 15) is 19.0 Å². The van der Waals surface area contributed by atoms with E-state index in [4.69, 9.17) is 24.8 Å². The van der Waals surface area contributed by atoms with Crippen molar-refractivity contribution in [1.82, 2.24) is 0 Å². The third kappa shape index (κ3) is 31.3. The van der Waals surface area contributed by atoms with Gasteiger partial charge < -0.3 is 25.2 Å². The second kappa shape index (κ2) is 32.3. The summed E-state index contributed by atoms with van der Waals surface area (Å²) in [6, 6.07) is -1.47. The first-order valence-corrected chi connectivity index (χ1v) is 19.7. The van der Waals surface area contributed by atoms with E-state index < -0.39 is 45.1 Å². The lowest BCUT2D eigenvalue weighted by Gasteiger charge is -2.20. The number of carbonyl (C=O) groups is 2. The third-order valence-corrected chi connectivity index (χ3v) is 8.75. The van der Waals surface area contributed by atoms with Gasteiger partial charge in [-0.1, -0.05) is 129 Å². The number of carboxylic acids is 1. The molecule has 0 aromatic rings. The Morgan fingerprint density at radius 3 is 1.70 bits per heavy atom. The molecule has 0 rings (SSSR count). The molecule has 0 aromatic carbocycles. The second-order valence-electron chi connectivity index (χ2n) is 12.4. The summed E-state index contributed by atoms with van der Waals surface area (Å²) in [5.41, 5.74) is 5.33. The van der Waals surface area contributed by atoms with Crippen LogP contribution in [0.3, 0.4) is 0 Å². The summed E-state index contributed by atoms with van der Waals surface area (Å²) in [6.45, 7) is 3.84. The molecule has 0 heterocycles. The monoisotopic (exact) mass is 677 g/mol. The van der Waals surface area contributed by atoms with Crippen LogP contribution >= 0.6 is 7.82 Å². The molecule has 3 atom stereocenters. The third-order valence-electron chi connectivity index (χ3n) is 7.79. The van der Waals surface area contributed by atoms with Gasteiger partial charge in [0.25, 0.3) is 0 Å². The maximum Gasteiger partial charge on any atom is 0.472 e. The molecular formula is C35H68NO9P. The molecule has 3 unspecified atom stereocenters. The Labute approximate surface area is 280 Å². The predicted molar refractivity (Wildman–Crippen MR) is 185 cm³/mol. The van der Waals surface area contributed by atoms with Crippen LogP contribution in [0.4, 0.5) is 0 Å². The Morgan fingerprint density at radius 2 is 1.13 bits per heavy atom. The van der Waals surface area contributed by atoms with Crippen molar-refractivity contribution >= 4 is 19.8 Å². The van der Waals surface area contributed by atoms with E-state index in [0.717, 1.165) is 57.8 Å². The lowest BCUT2D eigenvalue weighted by molar-refractivity contribution is -0.154. The minimum absolute atomic E-state index is 0.0182. The number of aliphatic carboxylic acids is 1. The van der Waals surface area contributed by atoms with Crippen LogP contribution in [0.15, 0.2) is 12.2 Å². The van der Waals surface area contributed by atoms with Gasteiger partial charge >= 0.3 is 19.8 Å². The van der Waals surface area contributed by atoms with Crippen LogP contribution in [0, 0.1) is 0 Å². The van der Waals surface area contributed by atoms with Crippen molar-refractivity contribution in [3.05, 3.63) is 12.2 Å². The molecule has 0 saturated heterocycles. The zero-order valence-electron chi connectivity index (χ0n) is 29.2. The molecule has 0 aromatic heterocycles. The van der Waals surface area contributed by atoms with Crippen LogP contribution in [0.1, 0.15) is 162 Å². The number of unbranched alkanes of at least 4 members (excludes halogenated alkanes) is 19. The van der Waals surface area contributed by atoms with E-state index in [1.807, 2.05) is 0 Å². The van der Waals surface area contributed by atoms with Crippen molar-refractivity contribution in [1.29, 1.82) is 0 Å². The molecule has 0 fully saturated rings. The maximum atomic E-state index is 12.5. The SMILES string of the molecule is CCCCC/C=C\CCCCCCCC(=O)OC(COCCCCCCCCCCCCCC)COP(=O)(O)OCC(N)C(=O)O. The van der Waals surface area contributed by atoms with Crippen molar-refractivity contribution in [2.24, 2.45) is 5.73 Å². The minimum Gasteiger partial charge on any atom is -0.480 e. The molecule has 11 heteroatoms. The van der Waals surface area contributed by atoms with Gasteiger partial charge in [-0.05, 0) is 38.5 Å². The zero-order valence-corrected chi connectivity index (χ0v) is 30.1. The molecule has 4 N–H and O–H groups in total. The highest BCUT2D eigenvalue weighted by Gasteiger charge is 2.27. The van der Waals surface area contributed by atoms with E-state index in [1.165, 1.54) is 77.0 Å². The van der Waals surface area contributed by atoms with Gasteiger partial charge in [0, 0.05) is 13.0 Å². The first-order valence-electron chi connectivity index (χ1n) is 18.2. The van der Waals surface area contributed by atoms with E-state index in [-0.39, 0.29) is 13.0 Å². The van der Waals surface area contributed by atoms with Gasteiger partial charge in [-0.3, -0.25) is 18.6 Å². The second-order valence-corrected chi connectivity index (χ2v) is 13.8. The highest BCUT2D eigenvalue weighted by atomic mass is 31.2. The fraction of sp³-hybridized carbons (Fsp3) is 0.886. The van der Waals surface area contributed by atoms with Crippen LogP contribution in [-0.2, 0) is 32.7 Å². The highest BCUT2D eigenvalue weighted by molar-refractivity contribution is 7.47. The van der Waals surface area contributed by atoms with Gasteiger partial charge in [0.05, 0.1) is 19.8 Å². The Kier molecular flexibility index (Phi) is 31.4. The number of hydrogen-bond donors (Lipinski definition) is 3. The average Bonchev–Trinajstić information content (AvgIpc) is 3.03. The lowest BCUT2D eigenvalue weighted by atomic mass is 10.1. The summed E-state index contributed by atoms with van der Waals surface area (Å²) in [5, 5.41) is 8.84. The molecule has 0 saturated carbocycles. The Hall–Kier alpha value is -1.29. The van der Waals surface area contributed by atoms with Crippen molar-refractivity contribution in [3.8, 4) is 0 Å². The molecule has 0 bridgehead atoms. The van der Waals surface area contributed by atoms with Crippen LogP contribution in [0.5, 0.6) is 0 Å². The summed E-state index contributed by atoms with van der Waals surface area (Å²) in [4.78, 5) is 33.3. The van der Waals surface area contributed by atoms with Gasteiger partial charge in [-0.15, -0.1) is 0 Å². The summed E-state index contributed by atoms with van der Waals surface area (Å²) >= 11 is 0. The number of phosphoric ester groups is 1. The molecule has 46 heavy (non-hydrogen) atoms. The molecule has 0 aliphatic heterocycles. The van der Waals surface area contributed by atoms with E-state index in [1.54, 1.807) is 0 Å². The van der Waals surface area contributed by atoms with Gasteiger partial charge in [0.2, 0.25) is 0 Å². The molecule has 0 aliphatic carbocycles. The predicted octanol–water partition coefficient (Wildman–Crippen LogP) is 9.03. The normalized spacial score (nSPS) is 14.3. The number of carboxylic acid groups (broad SMARTS) is 1. The molecular weight excluding hydrogens is 609 g/mol. The Balaban J connectivity index is 4.33. The minimum atomic E-state index is -4.60. The number of carbonyl (C=O) groups excluding carboxylic acids is 1. The van der Waals surface area contributed by atoms with Crippen molar-refractivity contribution in [2.75, 3.05) is 26.4 Å². The largest absolute Gasteiger partial charge is 0.480 e. The van der Waals surface area contributed by atoms with Crippen molar-refractivity contribution in [2.45, 2.75) is 174 Å². The Bertz CT molecular complexity index is 796. The number of ether oxygens (including phenoxy) is 2. The van der Waals surface area contributed by atoms with E-state index in [0.29, 0.717) is 13.0 Å². The molecule has 0 spiro atoms. The summed E-state index contributed by atoms with van der Waals surface area (Å²) < 4.78 is 33.1. The van der Waals surface area contributed by atoms with Crippen LogP contribution in [0.25, 0.3) is 0 Å². The van der Waals surface area contributed by atoms with Gasteiger partial charge in [0.1, 0.15) is 12.1 Å². The van der Waals surface area contributed by atoms with Gasteiger partial charge in [0.15, 0.2) is 0 Å². The number of allylic oxidation sites excluding steroid dienone is 2. The molecule has 272 valence electrons. The highest BCUT2D eigenvalue weighted by Crippen LogP contribution is 2.43. The van der Waals surface area contributed by atoms with Crippen LogP contribution in [0.2, 0.25) is 0 Å². The van der Waals surface area contributed by atoms with Crippen molar-refractivity contribution < 1.29 is 42.7 Å². The molecule has 0 aliphatic rings. The molecule has 10 nitrogen and oxygen atoms in total. The van der Waals surface area contributed by atoms with E-state index >= 15 is 0 Å². The number of esters is 1. The summed E-state index contributed by atoms with van der Waals surface area (Å²) in [7, 11) is -4.60. The van der Waals surface area contributed by atoms with Crippen LogP contribution in [-0.4, -0.2) is 60.5 Å². The van der Waals surface area contributed by atoms with Gasteiger partial charge in [-0.25, -0.2) is 4.57 Å².